The van der Waals surface area contributed by atoms with Gasteiger partial charge in [0.15, 0.2) is 0 Å². The molecule has 0 amide bonds. The minimum Gasteiger partial charge on any atom is -0.393 e. The second-order valence-electron chi connectivity index (χ2n) is 10.6. The number of aliphatic hydroxyl groups is 1. The molecule has 0 aromatic carbocycles. The molecule has 0 bridgehead atoms. The highest BCUT2D eigenvalue weighted by molar-refractivity contribution is 5.25. The zero-order valence-corrected chi connectivity index (χ0v) is 17.1. The average molecular weight is 346 g/mol. The Morgan fingerprint density at radius 3 is 2.56 bits per heavy atom. The molecule has 8 atom stereocenters. The van der Waals surface area contributed by atoms with Gasteiger partial charge in [0.2, 0.25) is 0 Å². The predicted molar refractivity (Wildman–Crippen MR) is 104 cm³/mol. The van der Waals surface area contributed by atoms with E-state index in [0.717, 1.165) is 36.5 Å². The van der Waals surface area contributed by atoms with Crippen LogP contribution in [0.4, 0.5) is 0 Å². The SMILES string of the molecule is C[C@@H]([C@H]1CC[C@H]2[C@@H]3CC=C4C[C@@H](O)CC[C@]4(C)[C@H]3CC[C@]12C)N(C)C. The second kappa shape index (κ2) is 6.09. The van der Waals surface area contributed by atoms with E-state index in [1.54, 1.807) is 5.57 Å². The van der Waals surface area contributed by atoms with Crippen LogP contribution in [0.25, 0.3) is 0 Å². The molecule has 0 aromatic heterocycles. The minimum absolute atomic E-state index is 0.0819. The molecule has 0 radical (unpaired) electrons. The maximum Gasteiger partial charge on any atom is 0.0577 e. The first-order chi connectivity index (χ1) is 11.8. The fraction of sp³-hybridized carbons (Fsp3) is 0.913. The third-order valence-corrected chi connectivity index (χ3v) is 9.55. The molecule has 142 valence electrons. The maximum atomic E-state index is 10.2. The van der Waals surface area contributed by atoms with Crippen molar-refractivity contribution in [1.82, 2.24) is 4.90 Å². The smallest absolute Gasteiger partial charge is 0.0577 e. The molecule has 0 saturated heterocycles. The van der Waals surface area contributed by atoms with Crippen LogP contribution in [-0.2, 0) is 0 Å². The molecule has 0 aliphatic heterocycles. The summed E-state index contributed by atoms with van der Waals surface area (Å²) in [6.07, 6.45) is 12.7. The Balaban J connectivity index is 1.62. The summed E-state index contributed by atoms with van der Waals surface area (Å²) in [5.41, 5.74) is 2.53. The summed E-state index contributed by atoms with van der Waals surface area (Å²) in [7, 11) is 4.52. The molecule has 4 rings (SSSR count). The molecular formula is C23H39NO. The lowest BCUT2D eigenvalue weighted by molar-refractivity contribution is -0.0586. The molecule has 0 aromatic rings. The summed E-state index contributed by atoms with van der Waals surface area (Å²) in [4.78, 5) is 2.45. The van der Waals surface area contributed by atoms with Crippen molar-refractivity contribution in [3.63, 3.8) is 0 Å². The Morgan fingerprint density at radius 1 is 1.08 bits per heavy atom. The Kier molecular flexibility index (Phi) is 4.40. The van der Waals surface area contributed by atoms with Gasteiger partial charge in [-0.3, -0.25) is 0 Å². The number of allylic oxidation sites excluding steroid dienone is 1. The summed E-state index contributed by atoms with van der Waals surface area (Å²) in [6, 6.07) is 0.696. The fourth-order valence-electron chi connectivity index (χ4n) is 7.83. The molecule has 2 nitrogen and oxygen atoms in total. The van der Waals surface area contributed by atoms with Crippen molar-refractivity contribution >= 4 is 0 Å². The number of rotatable bonds is 2. The first-order valence-electron chi connectivity index (χ1n) is 10.8. The molecule has 4 aliphatic carbocycles. The van der Waals surface area contributed by atoms with E-state index in [1.807, 2.05) is 0 Å². The first-order valence-corrected chi connectivity index (χ1v) is 10.8. The van der Waals surface area contributed by atoms with E-state index < -0.39 is 0 Å². The monoisotopic (exact) mass is 345 g/mol. The molecule has 25 heavy (non-hydrogen) atoms. The lowest BCUT2D eigenvalue weighted by Gasteiger charge is -2.58. The van der Waals surface area contributed by atoms with Gasteiger partial charge in [0.1, 0.15) is 0 Å². The molecule has 0 spiro atoms. The molecule has 1 N–H and O–H groups in total. The number of hydrogen-bond donors (Lipinski definition) is 1. The van der Waals surface area contributed by atoms with Crippen LogP contribution in [0.5, 0.6) is 0 Å². The molecule has 4 aliphatic rings. The van der Waals surface area contributed by atoms with Gasteiger partial charge in [0, 0.05) is 6.04 Å². The van der Waals surface area contributed by atoms with E-state index in [4.69, 9.17) is 0 Å². The fourth-order valence-corrected chi connectivity index (χ4v) is 7.83. The van der Waals surface area contributed by atoms with Gasteiger partial charge in [-0.25, -0.2) is 0 Å². The van der Waals surface area contributed by atoms with E-state index in [-0.39, 0.29) is 6.10 Å². The van der Waals surface area contributed by atoms with Crippen LogP contribution in [-0.4, -0.2) is 36.2 Å². The molecular weight excluding hydrogens is 306 g/mol. The van der Waals surface area contributed by atoms with Crippen LogP contribution in [0.3, 0.4) is 0 Å². The zero-order chi connectivity index (χ0) is 18.0. The highest BCUT2D eigenvalue weighted by Gasteiger charge is 2.59. The highest BCUT2D eigenvalue weighted by atomic mass is 16.3. The van der Waals surface area contributed by atoms with Crippen LogP contribution in [0.1, 0.15) is 72.1 Å². The number of hydrogen-bond acceptors (Lipinski definition) is 2. The van der Waals surface area contributed by atoms with E-state index in [9.17, 15) is 5.11 Å². The van der Waals surface area contributed by atoms with E-state index in [1.165, 1.54) is 38.5 Å². The number of aliphatic hydroxyl groups excluding tert-OH is 1. The van der Waals surface area contributed by atoms with Gasteiger partial charge < -0.3 is 10.0 Å². The van der Waals surface area contributed by atoms with Gasteiger partial charge in [0.05, 0.1) is 6.10 Å². The Labute approximate surface area is 155 Å². The third-order valence-electron chi connectivity index (χ3n) is 9.55. The van der Waals surface area contributed by atoms with Crippen LogP contribution >= 0.6 is 0 Å². The first kappa shape index (κ1) is 18.0. The standard InChI is InChI=1S/C23H39NO/c1-15(24(4)5)19-8-9-20-18-7-6-16-14-17(25)10-12-22(16,2)21(18)11-13-23(19,20)3/h6,15,17-21,25H,7-14H2,1-5H3/t15-,17-,18-,19+,20-,21-,22-,23+/m0/s1. The van der Waals surface area contributed by atoms with Gasteiger partial charge in [-0.15, -0.1) is 0 Å². The van der Waals surface area contributed by atoms with Crippen LogP contribution in [0.2, 0.25) is 0 Å². The normalized spacial score (nSPS) is 50.7. The van der Waals surface area contributed by atoms with Crippen molar-refractivity contribution in [1.29, 1.82) is 0 Å². The van der Waals surface area contributed by atoms with Crippen LogP contribution < -0.4 is 0 Å². The van der Waals surface area contributed by atoms with Crippen molar-refractivity contribution in [2.75, 3.05) is 14.1 Å². The van der Waals surface area contributed by atoms with Crippen molar-refractivity contribution in [3.05, 3.63) is 11.6 Å². The summed E-state index contributed by atoms with van der Waals surface area (Å²) in [5, 5.41) is 10.2. The summed E-state index contributed by atoms with van der Waals surface area (Å²) in [5.74, 6) is 3.54. The molecule has 3 fully saturated rings. The molecule has 2 heteroatoms. The average Bonchev–Trinajstić information content (AvgIpc) is 2.92. The van der Waals surface area contributed by atoms with Gasteiger partial charge in [-0.2, -0.15) is 0 Å². The quantitative estimate of drug-likeness (QED) is 0.721. The van der Waals surface area contributed by atoms with E-state index >= 15 is 0 Å². The highest BCUT2D eigenvalue weighted by Crippen LogP contribution is 2.66. The number of fused-ring (bicyclic) bond motifs is 5. The van der Waals surface area contributed by atoms with E-state index in [2.05, 4.69) is 45.8 Å². The lowest BCUT2D eigenvalue weighted by atomic mass is 9.47. The van der Waals surface area contributed by atoms with Crippen LogP contribution in [0, 0.1) is 34.5 Å². The van der Waals surface area contributed by atoms with Crippen molar-refractivity contribution in [3.8, 4) is 0 Å². The predicted octanol–water partition coefficient (Wildman–Crippen LogP) is 4.88. The molecule has 0 unspecified atom stereocenters. The summed E-state index contributed by atoms with van der Waals surface area (Å²) in [6.45, 7) is 7.63. The third kappa shape index (κ3) is 2.57. The second-order valence-corrected chi connectivity index (χ2v) is 10.6. The molecule has 3 saturated carbocycles. The van der Waals surface area contributed by atoms with Gasteiger partial charge in [-0.05, 0) is 107 Å². The number of nitrogens with zero attached hydrogens (tertiary/aromatic N) is 1. The Bertz CT molecular complexity index is 554. The van der Waals surface area contributed by atoms with Gasteiger partial charge in [-0.1, -0.05) is 25.5 Å². The Morgan fingerprint density at radius 2 is 1.84 bits per heavy atom. The Hall–Kier alpha value is -0.340. The van der Waals surface area contributed by atoms with Crippen LogP contribution in [0.15, 0.2) is 11.6 Å². The van der Waals surface area contributed by atoms with Gasteiger partial charge in [0.25, 0.3) is 0 Å². The lowest BCUT2D eigenvalue weighted by Crippen LogP contribution is -2.52. The topological polar surface area (TPSA) is 23.5 Å². The van der Waals surface area contributed by atoms with Crippen molar-refractivity contribution < 1.29 is 5.11 Å². The molecule has 0 heterocycles. The van der Waals surface area contributed by atoms with Crippen molar-refractivity contribution in [2.24, 2.45) is 34.5 Å². The largest absolute Gasteiger partial charge is 0.393 e. The minimum atomic E-state index is -0.0819. The van der Waals surface area contributed by atoms with E-state index in [0.29, 0.717) is 16.9 Å². The summed E-state index contributed by atoms with van der Waals surface area (Å²) >= 11 is 0. The maximum absolute atomic E-state index is 10.2. The summed E-state index contributed by atoms with van der Waals surface area (Å²) < 4.78 is 0. The van der Waals surface area contributed by atoms with Crippen molar-refractivity contribution in [2.45, 2.75) is 84.3 Å². The zero-order valence-electron chi connectivity index (χ0n) is 17.1. The van der Waals surface area contributed by atoms with Gasteiger partial charge >= 0.3 is 0 Å².